The van der Waals surface area contributed by atoms with Gasteiger partial charge in [-0.15, -0.1) is 0 Å². The second kappa shape index (κ2) is 5.16. The molecule has 2 aromatic rings. The average Bonchev–Trinajstić information content (AvgIpc) is 2.39. The first-order chi connectivity index (χ1) is 9.42. The summed E-state index contributed by atoms with van der Waals surface area (Å²) in [5, 5.41) is 3.08. The van der Waals surface area contributed by atoms with Crippen LogP contribution in [0.25, 0.3) is 11.0 Å². The van der Waals surface area contributed by atoms with Gasteiger partial charge < -0.3 is 14.5 Å². The summed E-state index contributed by atoms with van der Waals surface area (Å²) < 4.78 is 9.45. The number of nitrogens with one attached hydrogen (secondary N) is 1. The van der Waals surface area contributed by atoms with E-state index in [0.717, 1.165) is 18.2 Å². The fraction of sp³-hybridized carbons (Fsp3) is 0.214. The van der Waals surface area contributed by atoms with E-state index in [2.05, 4.69) is 10.1 Å². The van der Waals surface area contributed by atoms with Crippen molar-refractivity contribution < 1.29 is 18.7 Å². The molecule has 20 heavy (non-hydrogen) atoms. The number of carbonyl (C=O) groups is 2. The monoisotopic (exact) mass is 275 g/mol. The Kier molecular flexibility index (Phi) is 3.56. The number of hydrogen-bond donors (Lipinski definition) is 1. The summed E-state index contributed by atoms with van der Waals surface area (Å²) in [4.78, 5) is 34.2. The number of benzene rings is 1. The average molecular weight is 275 g/mol. The Bertz CT molecular complexity index is 760. The molecule has 0 spiro atoms. The van der Waals surface area contributed by atoms with Gasteiger partial charge in [-0.1, -0.05) is 0 Å². The molecule has 104 valence electrons. The predicted octanol–water partition coefficient (Wildman–Crippen LogP) is 1.52. The lowest BCUT2D eigenvalue weighted by molar-refractivity contribution is -0.150. The van der Waals surface area contributed by atoms with Gasteiger partial charge >= 0.3 is 17.5 Å². The molecule has 0 saturated carbocycles. The second-order valence-corrected chi connectivity index (χ2v) is 4.38. The number of anilines is 1. The molecule has 0 saturated heterocycles. The molecule has 0 aliphatic carbocycles. The number of amides is 1. The third-order valence-electron chi connectivity index (χ3n) is 2.81. The van der Waals surface area contributed by atoms with Gasteiger partial charge in [-0.25, -0.2) is 9.59 Å². The van der Waals surface area contributed by atoms with Gasteiger partial charge in [-0.05, 0) is 37.1 Å². The lowest BCUT2D eigenvalue weighted by Gasteiger charge is -2.09. The largest absolute Gasteiger partial charge is 0.462 e. The van der Waals surface area contributed by atoms with Crippen molar-refractivity contribution in [1.29, 1.82) is 0 Å². The molecule has 6 nitrogen and oxygen atoms in total. The Labute approximate surface area is 114 Å². The first kappa shape index (κ1) is 13.8. The maximum atomic E-state index is 11.6. The predicted molar refractivity (Wildman–Crippen MR) is 72.6 cm³/mol. The zero-order valence-electron chi connectivity index (χ0n) is 11.3. The Hall–Kier alpha value is -2.63. The number of carbonyl (C=O) groups excluding carboxylic acids is 2. The fourth-order valence-electron chi connectivity index (χ4n) is 1.92. The number of rotatable bonds is 1. The molecular weight excluding hydrogens is 262 g/mol. The smallest absolute Gasteiger partial charge is 0.396 e. The molecule has 0 fully saturated rings. The van der Waals surface area contributed by atoms with Crippen LogP contribution in [0.4, 0.5) is 5.69 Å². The minimum Gasteiger partial charge on any atom is -0.462 e. The standard InChI is InChI=1S/C14H13NO5/c1-7-4-9-8(2)6-11(16)20-12(9)10(5-7)15-13(17)14(18)19-3/h4-6H,1-3H3,(H,15,17). The number of fused-ring (bicyclic) bond motifs is 1. The van der Waals surface area contributed by atoms with Crippen molar-refractivity contribution in [3.63, 3.8) is 0 Å². The summed E-state index contributed by atoms with van der Waals surface area (Å²) >= 11 is 0. The van der Waals surface area contributed by atoms with Crippen LogP contribution in [0.1, 0.15) is 11.1 Å². The van der Waals surface area contributed by atoms with Crippen LogP contribution in [0.3, 0.4) is 0 Å². The number of aryl methyl sites for hydroxylation is 2. The molecule has 2 rings (SSSR count). The van der Waals surface area contributed by atoms with Crippen molar-refractivity contribution in [3.8, 4) is 0 Å². The first-order valence-electron chi connectivity index (χ1n) is 5.87. The molecule has 0 atom stereocenters. The normalized spacial score (nSPS) is 10.3. The summed E-state index contributed by atoms with van der Waals surface area (Å²) in [6, 6.07) is 4.82. The number of ether oxygens (including phenoxy) is 1. The van der Waals surface area contributed by atoms with Crippen LogP contribution < -0.4 is 10.9 Å². The van der Waals surface area contributed by atoms with Crippen molar-refractivity contribution in [2.24, 2.45) is 0 Å². The van der Waals surface area contributed by atoms with Gasteiger partial charge in [0, 0.05) is 11.5 Å². The van der Waals surface area contributed by atoms with Gasteiger partial charge in [0.25, 0.3) is 0 Å². The third kappa shape index (κ3) is 2.54. The molecule has 1 N–H and O–H groups in total. The van der Waals surface area contributed by atoms with Crippen molar-refractivity contribution in [3.05, 3.63) is 39.7 Å². The summed E-state index contributed by atoms with van der Waals surface area (Å²) in [6.45, 7) is 3.60. The van der Waals surface area contributed by atoms with Crippen LogP contribution in [0.5, 0.6) is 0 Å². The molecule has 0 aliphatic heterocycles. The van der Waals surface area contributed by atoms with E-state index in [9.17, 15) is 14.4 Å². The van der Waals surface area contributed by atoms with Gasteiger partial charge in [-0.3, -0.25) is 4.79 Å². The Morgan fingerprint density at radius 3 is 2.55 bits per heavy atom. The minimum atomic E-state index is -1.02. The van der Waals surface area contributed by atoms with Gasteiger partial charge in [-0.2, -0.15) is 0 Å². The van der Waals surface area contributed by atoms with Crippen LogP contribution in [-0.4, -0.2) is 19.0 Å². The Morgan fingerprint density at radius 1 is 1.20 bits per heavy atom. The van der Waals surface area contributed by atoms with Crippen molar-refractivity contribution in [2.75, 3.05) is 12.4 Å². The summed E-state index contributed by atoms with van der Waals surface area (Å²) in [6.07, 6.45) is 0. The maximum Gasteiger partial charge on any atom is 0.396 e. The van der Waals surface area contributed by atoms with Crippen LogP contribution in [0.15, 0.2) is 27.4 Å². The Morgan fingerprint density at radius 2 is 1.90 bits per heavy atom. The van der Waals surface area contributed by atoms with E-state index in [1.165, 1.54) is 6.07 Å². The number of hydrogen-bond acceptors (Lipinski definition) is 5. The molecule has 0 aliphatic rings. The van der Waals surface area contributed by atoms with Crippen LogP contribution in [0, 0.1) is 13.8 Å². The molecule has 1 amide bonds. The van der Waals surface area contributed by atoms with Crippen LogP contribution in [0.2, 0.25) is 0 Å². The van der Waals surface area contributed by atoms with Crippen molar-refractivity contribution >= 4 is 28.5 Å². The minimum absolute atomic E-state index is 0.234. The zero-order chi connectivity index (χ0) is 14.9. The third-order valence-corrected chi connectivity index (χ3v) is 2.81. The highest BCUT2D eigenvalue weighted by atomic mass is 16.5. The molecule has 6 heteroatoms. The van der Waals surface area contributed by atoms with E-state index in [-0.39, 0.29) is 11.3 Å². The highest BCUT2D eigenvalue weighted by Gasteiger charge is 2.17. The van der Waals surface area contributed by atoms with Crippen LogP contribution in [-0.2, 0) is 14.3 Å². The zero-order valence-corrected chi connectivity index (χ0v) is 11.3. The highest BCUT2D eigenvalue weighted by molar-refractivity contribution is 6.37. The molecule has 0 bridgehead atoms. The molecular formula is C14H13NO5. The quantitative estimate of drug-likeness (QED) is 0.484. The van der Waals surface area contributed by atoms with E-state index < -0.39 is 17.5 Å². The van der Waals surface area contributed by atoms with E-state index >= 15 is 0 Å². The van der Waals surface area contributed by atoms with Gasteiger partial charge in [0.15, 0.2) is 5.58 Å². The van der Waals surface area contributed by atoms with Gasteiger partial charge in [0.2, 0.25) is 0 Å². The molecule has 1 aromatic heterocycles. The lowest BCUT2D eigenvalue weighted by Crippen LogP contribution is -2.24. The summed E-state index contributed by atoms with van der Waals surface area (Å²) in [5.41, 5.74) is 1.56. The van der Waals surface area contributed by atoms with Gasteiger partial charge in [0.05, 0.1) is 12.8 Å². The van der Waals surface area contributed by atoms with E-state index in [0.29, 0.717) is 5.39 Å². The fourth-order valence-corrected chi connectivity index (χ4v) is 1.92. The van der Waals surface area contributed by atoms with E-state index in [1.54, 1.807) is 13.0 Å². The highest BCUT2D eigenvalue weighted by Crippen LogP contribution is 2.26. The lowest BCUT2D eigenvalue weighted by atomic mass is 10.1. The molecule has 1 aromatic carbocycles. The van der Waals surface area contributed by atoms with Crippen molar-refractivity contribution in [2.45, 2.75) is 13.8 Å². The van der Waals surface area contributed by atoms with Crippen LogP contribution >= 0.6 is 0 Å². The second-order valence-electron chi connectivity index (χ2n) is 4.38. The Balaban J connectivity index is 2.61. The van der Waals surface area contributed by atoms with Gasteiger partial charge in [0.1, 0.15) is 0 Å². The summed E-state index contributed by atoms with van der Waals surface area (Å²) in [7, 11) is 1.11. The molecule has 0 unspecified atom stereocenters. The first-order valence-corrected chi connectivity index (χ1v) is 5.87. The number of methoxy groups -OCH3 is 1. The topological polar surface area (TPSA) is 85.6 Å². The molecule has 1 heterocycles. The SMILES string of the molecule is COC(=O)C(=O)Nc1cc(C)cc2c(C)cc(=O)oc12. The van der Waals surface area contributed by atoms with Crippen molar-refractivity contribution in [1.82, 2.24) is 0 Å². The maximum absolute atomic E-state index is 11.6. The number of esters is 1. The van der Waals surface area contributed by atoms with E-state index in [1.807, 2.05) is 13.0 Å². The molecule has 0 radical (unpaired) electrons. The summed E-state index contributed by atoms with van der Waals surface area (Å²) in [5.74, 6) is -1.95. The van der Waals surface area contributed by atoms with E-state index in [4.69, 9.17) is 4.42 Å².